The number of rotatable bonds is 2. The minimum Gasteiger partial charge on any atom is -0.497 e. The Morgan fingerprint density at radius 3 is 2.57 bits per heavy atom. The number of allylic oxidation sites excluding steroid dienone is 1. The topological polar surface area (TPSA) is 26.3 Å². The lowest BCUT2D eigenvalue weighted by molar-refractivity contribution is 0.104. The van der Waals surface area contributed by atoms with E-state index in [4.69, 9.17) is 4.74 Å². The monoisotopic (exact) mass is 300 g/mol. The summed E-state index contributed by atoms with van der Waals surface area (Å²) in [5.74, 6) is 1.00. The third-order valence-electron chi connectivity index (χ3n) is 4.35. The Morgan fingerprint density at radius 2 is 1.74 bits per heavy atom. The summed E-state index contributed by atoms with van der Waals surface area (Å²) in [6.07, 6.45) is 2.72. The van der Waals surface area contributed by atoms with Crippen LogP contribution in [0.15, 0.2) is 66.2 Å². The van der Waals surface area contributed by atoms with E-state index < -0.39 is 0 Å². The van der Waals surface area contributed by atoms with Gasteiger partial charge in [-0.3, -0.25) is 4.79 Å². The fourth-order valence-corrected chi connectivity index (χ4v) is 3.13. The molecule has 0 aromatic heterocycles. The van der Waals surface area contributed by atoms with E-state index >= 15 is 0 Å². The number of hydrogen-bond donors (Lipinski definition) is 0. The zero-order chi connectivity index (χ0) is 15.8. The quantitative estimate of drug-likeness (QED) is 0.643. The van der Waals surface area contributed by atoms with Crippen molar-refractivity contribution in [2.45, 2.75) is 6.42 Å². The van der Waals surface area contributed by atoms with Crippen LogP contribution < -0.4 is 4.74 Å². The van der Waals surface area contributed by atoms with Crippen molar-refractivity contribution >= 4 is 22.6 Å². The Labute approximate surface area is 135 Å². The molecule has 3 aromatic carbocycles. The highest BCUT2D eigenvalue weighted by Gasteiger charge is 2.23. The highest BCUT2D eigenvalue weighted by molar-refractivity contribution is 6.15. The van der Waals surface area contributed by atoms with E-state index in [1.807, 2.05) is 54.6 Å². The van der Waals surface area contributed by atoms with Gasteiger partial charge in [-0.25, -0.2) is 0 Å². The lowest BCUT2D eigenvalue weighted by atomic mass is 10.0. The maximum atomic E-state index is 12.5. The molecule has 0 amide bonds. The number of fused-ring (bicyclic) bond motifs is 2. The van der Waals surface area contributed by atoms with Crippen LogP contribution in [0.2, 0.25) is 0 Å². The lowest BCUT2D eigenvalue weighted by Gasteiger charge is -2.04. The maximum absolute atomic E-state index is 12.5. The number of Topliss-reactive ketones (excluding diaryl/α,β-unsaturated/α-hetero) is 1. The van der Waals surface area contributed by atoms with Crippen molar-refractivity contribution < 1.29 is 9.53 Å². The number of benzene rings is 3. The molecule has 0 saturated carbocycles. The molecule has 0 unspecified atom stereocenters. The summed E-state index contributed by atoms with van der Waals surface area (Å²) in [5.41, 5.74) is 3.87. The fourth-order valence-electron chi connectivity index (χ4n) is 3.13. The fraction of sp³-hybridized carbons (Fsp3) is 0.0952. The predicted molar refractivity (Wildman–Crippen MR) is 93.0 cm³/mol. The SMILES string of the molecule is COc1ccc2cc(/C=C3\Cc4ccccc4C3=O)ccc2c1. The van der Waals surface area contributed by atoms with Crippen LogP contribution in [0.4, 0.5) is 0 Å². The molecule has 4 rings (SSSR count). The smallest absolute Gasteiger partial charge is 0.189 e. The van der Waals surface area contributed by atoms with Gasteiger partial charge in [0, 0.05) is 17.6 Å². The van der Waals surface area contributed by atoms with Crippen LogP contribution >= 0.6 is 0 Å². The largest absolute Gasteiger partial charge is 0.497 e. The molecule has 0 heterocycles. The second-order valence-electron chi connectivity index (χ2n) is 5.81. The lowest BCUT2D eigenvalue weighted by Crippen LogP contribution is -1.94. The molecule has 3 aromatic rings. The molecule has 0 bridgehead atoms. The van der Waals surface area contributed by atoms with Gasteiger partial charge in [-0.05, 0) is 46.2 Å². The maximum Gasteiger partial charge on any atom is 0.189 e. The van der Waals surface area contributed by atoms with Crippen molar-refractivity contribution in [1.82, 2.24) is 0 Å². The summed E-state index contributed by atoms with van der Waals surface area (Å²) < 4.78 is 5.25. The summed E-state index contributed by atoms with van der Waals surface area (Å²) >= 11 is 0. The van der Waals surface area contributed by atoms with Crippen molar-refractivity contribution in [1.29, 1.82) is 0 Å². The Balaban J connectivity index is 1.72. The van der Waals surface area contributed by atoms with Crippen LogP contribution in [-0.2, 0) is 6.42 Å². The van der Waals surface area contributed by atoms with Crippen LogP contribution in [0, 0.1) is 0 Å². The van der Waals surface area contributed by atoms with Gasteiger partial charge in [0.25, 0.3) is 0 Å². The minimum atomic E-state index is 0.149. The summed E-state index contributed by atoms with van der Waals surface area (Å²) in [6.45, 7) is 0. The first-order valence-corrected chi connectivity index (χ1v) is 7.65. The number of ketones is 1. The number of ether oxygens (including phenoxy) is 1. The second kappa shape index (κ2) is 5.40. The molecule has 0 N–H and O–H groups in total. The van der Waals surface area contributed by atoms with Gasteiger partial charge < -0.3 is 4.74 Å². The van der Waals surface area contributed by atoms with Crippen molar-refractivity contribution in [2.24, 2.45) is 0 Å². The van der Waals surface area contributed by atoms with E-state index in [0.29, 0.717) is 0 Å². The highest BCUT2D eigenvalue weighted by Crippen LogP contribution is 2.28. The predicted octanol–water partition coefficient (Wildman–Crippen LogP) is 4.67. The average molecular weight is 300 g/mol. The van der Waals surface area contributed by atoms with E-state index in [-0.39, 0.29) is 5.78 Å². The first-order valence-electron chi connectivity index (χ1n) is 7.65. The Hall–Kier alpha value is -2.87. The summed E-state index contributed by atoms with van der Waals surface area (Å²) in [4.78, 5) is 12.5. The zero-order valence-electron chi connectivity index (χ0n) is 12.9. The van der Waals surface area contributed by atoms with Gasteiger partial charge in [-0.15, -0.1) is 0 Å². The molecule has 0 atom stereocenters. The Morgan fingerprint density at radius 1 is 0.957 bits per heavy atom. The van der Waals surface area contributed by atoms with Gasteiger partial charge in [0.05, 0.1) is 7.11 Å². The van der Waals surface area contributed by atoms with Gasteiger partial charge >= 0.3 is 0 Å². The molecule has 0 spiro atoms. The first-order chi connectivity index (χ1) is 11.2. The van der Waals surface area contributed by atoms with Crippen LogP contribution in [0.3, 0.4) is 0 Å². The summed E-state index contributed by atoms with van der Waals surface area (Å²) in [7, 11) is 1.67. The van der Waals surface area contributed by atoms with Crippen LogP contribution in [0.5, 0.6) is 5.75 Å². The molecule has 0 aliphatic heterocycles. The molecule has 0 radical (unpaired) electrons. The number of methoxy groups -OCH3 is 1. The van der Waals surface area contributed by atoms with Crippen molar-refractivity contribution in [3.63, 3.8) is 0 Å². The van der Waals surface area contributed by atoms with Gasteiger partial charge in [-0.2, -0.15) is 0 Å². The molecular weight excluding hydrogens is 284 g/mol. The van der Waals surface area contributed by atoms with Crippen LogP contribution in [0.25, 0.3) is 16.8 Å². The van der Waals surface area contributed by atoms with E-state index in [0.717, 1.165) is 45.2 Å². The standard InChI is InChI=1S/C21H16O2/c1-23-19-9-8-15-10-14(6-7-16(15)13-19)11-18-12-17-4-2-3-5-20(17)21(18)22/h2-11,13H,12H2,1H3/b18-11+. The van der Waals surface area contributed by atoms with Crippen molar-refractivity contribution in [3.05, 3.63) is 82.9 Å². The molecule has 112 valence electrons. The summed E-state index contributed by atoms with van der Waals surface area (Å²) in [6, 6.07) is 20.1. The number of hydrogen-bond acceptors (Lipinski definition) is 2. The minimum absolute atomic E-state index is 0.149. The van der Waals surface area contributed by atoms with Crippen LogP contribution in [-0.4, -0.2) is 12.9 Å². The van der Waals surface area contributed by atoms with E-state index in [9.17, 15) is 4.79 Å². The Kier molecular flexibility index (Phi) is 3.23. The molecule has 0 saturated heterocycles. The van der Waals surface area contributed by atoms with E-state index in [2.05, 4.69) is 12.1 Å². The van der Waals surface area contributed by atoms with Gasteiger partial charge in [0.2, 0.25) is 0 Å². The third kappa shape index (κ3) is 2.42. The van der Waals surface area contributed by atoms with E-state index in [1.54, 1.807) is 7.11 Å². The normalized spacial score (nSPS) is 15.2. The third-order valence-corrected chi connectivity index (χ3v) is 4.35. The zero-order valence-corrected chi connectivity index (χ0v) is 12.9. The molecule has 2 heteroatoms. The molecule has 1 aliphatic rings. The second-order valence-corrected chi connectivity index (χ2v) is 5.81. The molecule has 0 fully saturated rings. The Bertz CT molecular complexity index is 951. The average Bonchev–Trinajstić information content (AvgIpc) is 2.90. The summed E-state index contributed by atoms with van der Waals surface area (Å²) in [5, 5.41) is 2.27. The van der Waals surface area contributed by atoms with Crippen LogP contribution in [0.1, 0.15) is 21.5 Å². The first kappa shape index (κ1) is 13.8. The highest BCUT2D eigenvalue weighted by atomic mass is 16.5. The van der Waals surface area contributed by atoms with E-state index in [1.165, 1.54) is 0 Å². The molecule has 23 heavy (non-hydrogen) atoms. The van der Waals surface area contributed by atoms with Gasteiger partial charge in [-0.1, -0.05) is 42.5 Å². The molecule has 1 aliphatic carbocycles. The van der Waals surface area contributed by atoms with Gasteiger partial charge in [0.1, 0.15) is 5.75 Å². The number of carbonyl (C=O) groups excluding carboxylic acids is 1. The van der Waals surface area contributed by atoms with Gasteiger partial charge in [0.15, 0.2) is 5.78 Å². The van der Waals surface area contributed by atoms with Crippen molar-refractivity contribution in [2.75, 3.05) is 7.11 Å². The van der Waals surface area contributed by atoms with Crippen molar-refractivity contribution in [3.8, 4) is 5.75 Å². The molecular formula is C21H16O2. The molecule has 2 nitrogen and oxygen atoms in total. The number of carbonyl (C=O) groups is 1.